The average Bonchev–Trinajstić information content (AvgIpc) is 2.34. The van der Waals surface area contributed by atoms with Crippen LogP contribution in [0.3, 0.4) is 0 Å². The van der Waals surface area contributed by atoms with Crippen molar-refractivity contribution in [1.29, 1.82) is 0 Å². The number of hydrogen-bond acceptors (Lipinski definition) is 4. The van der Waals surface area contributed by atoms with Gasteiger partial charge >= 0.3 is 0 Å². The molecule has 2 atom stereocenters. The van der Waals surface area contributed by atoms with E-state index in [0.29, 0.717) is 23.5 Å². The Morgan fingerprint density at radius 2 is 2.22 bits per heavy atom. The van der Waals surface area contributed by atoms with E-state index in [1.165, 1.54) is 7.11 Å². The molecule has 3 N–H and O–H groups in total. The first-order chi connectivity index (χ1) is 8.47. The maximum Gasteiger partial charge on any atom is 0.257 e. The highest BCUT2D eigenvalue weighted by molar-refractivity contribution is 7.84. The molecule has 0 bridgehead atoms. The number of anilines is 1. The van der Waals surface area contributed by atoms with E-state index >= 15 is 0 Å². The van der Waals surface area contributed by atoms with Crippen molar-refractivity contribution in [3.8, 4) is 5.75 Å². The SMILES string of the molecule is COc1cccc(N)c1C(=O)NCC(C)S(C)=O. The Bertz CT molecular complexity index is 463. The van der Waals surface area contributed by atoms with E-state index in [9.17, 15) is 9.00 Å². The van der Waals surface area contributed by atoms with Crippen molar-refractivity contribution in [1.82, 2.24) is 5.32 Å². The molecular formula is C12H18N2O3S. The molecule has 6 heteroatoms. The van der Waals surface area contributed by atoms with Crippen LogP contribution in [0.4, 0.5) is 5.69 Å². The maximum absolute atomic E-state index is 12.0. The molecule has 0 aliphatic carbocycles. The van der Waals surface area contributed by atoms with Gasteiger partial charge in [0.25, 0.3) is 5.91 Å². The number of carbonyl (C=O) groups excluding carboxylic acids is 1. The normalized spacial score (nSPS) is 13.7. The zero-order chi connectivity index (χ0) is 13.7. The van der Waals surface area contributed by atoms with Gasteiger partial charge in [0.05, 0.1) is 7.11 Å². The molecule has 5 nitrogen and oxygen atoms in total. The first-order valence-corrected chi connectivity index (χ1v) is 7.12. The van der Waals surface area contributed by atoms with E-state index in [-0.39, 0.29) is 11.2 Å². The third-order valence-corrected chi connectivity index (χ3v) is 3.92. The monoisotopic (exact) mass is 270 g/mol. The summed E-state index contributed by atoms with van der Waals surface area (Å²) in [4.78, 5) is 12.0. The quantitative estimate of drug-likeness (QED) is 0.775. The van der Waals surface area contributed by atoms with Crippen molar-refractivity contribution in [3.05, 3.63) is 23.8 Å². The third kappa shape index (κ3) is 3.46. The predicted octanol–water partition coefficient (Wildman–Crippen LogP) is 0.774. The summed E-state index contributed by atoms with van der Waals surface area (Å²) in [6.45, 7) is 2.14. The molecule has 2 unspecified atom stereocenters. The molecule has 1 aromatic carbocycles. The lowest BCUT2D eigenvalue weighted by Crippen LogP contribution is -2.33. The van der Waals surface area contributed by atoms with Crippen molar-refractivity contribution in [2.75, 3.05) is 25.6 Å². The number of ether oxygens (including phenoxy) is 1. The zero-order valence-electron chi connectivity index (χ0n) is 10.7. The molecule has 0 aliphatic heterocycles. The molecule has 0 saturated carbocycles. The average molecular weight is 270 g/mol. The first-order valence-electron chi connectivity index (χ1n) is 5.50. The van der Waals surface area contributed by atoms with Gasteiger partial charge < -0.3 is 15.8 Å². The van der Waals surface area contributed by atoms with E-state index in [1.54, 1.807) is 24.5 Å². The van der Waals surface area contributed by atoms with Crippen molar-refractivity contribution in [3.63, 3.8) is 0 Å². The highest BCUT2D eigenvalue weighted by Crippen LogP contribution is 2.23. The van der Waals surface area contributed by atoms with Gasteiger partial charge in [-0.1, -0.05) is 6.07 Å². The number of hydrogen-bond donors (Lipinski definition) is 2. The van der Waals surface area contributed by atoms with Crippen LogP contribution in [-0.2, 0) is 10.8 Å². The molecule has 0 spiro atoms. The minimum Gasteiger partial charge on any atom is -0.496 e. The van der Waals surface area contributed by atoms with E-state index < -0.39 is 10.8 Å². The number of carbonyl (C=O) groups is 1. The van der Waals surface area contributed by atoms with Crippen molar-refractivity contribution < 1.29 is 13.7 Å². The summed E-state index contributed by atoms with van der Waals surface area (Å²) in [5, 5.41) is 2.60. The number of methoxy groups -OCH3 is 1. The van der Waals surface area contributed by atoms with E-state index in [1.807, 2.05) is 6.92 Å². The molecule has 0 radical (unpaired) electrons. The topological polar surface area (TPSA) is 81.4 Å². The second-order valence-corrected chi connectivity index (χ2v) is 5.75. The van der Waals surface area contributed by atoms with Crippen LogP contribution < -0.4 is 15.8 Å². The molecule has 18 heavy (non-hydrogen) atoms. The van der Waals surface area contributed by atoms with Gasteiger partial charge in [0.15, 0.2) is 0 Å². The zero-order valence-corrected chi connectivity index (χ0v) is 11.5. The predicted molar refractivity (Wildman–Crippen MR) is 73.3 cm³/mol. The summed E-state index contributed by atoms with van der Waals surface area (Å²) in [5.74, 6) is 0.111. The molecule has 1 rings (SSSR count). The fourth-order valence-corrected chi connectivity index (χ4v) is 1.72. The van der Waals surface area contributed by atoms with Gasteiger partial charge in [-0.15, -0.1) is 0 Å². The molecule has 1 aromatic rings. The number of nitrogens with two attached hydrogens (primary N) is 1. The second-order valence-electron chi connectivity index (χ2n) is 3.94. The second kappa shape index (κ2) is 6.39. The highest BCUT2D eigenvalue weighted by atomic mass is 32.2. The van der Waals surface area contributed by atoms with Crippen LogP contribution in [0, 0.1) is 0 Å². The standard InChI is InChI=1S/C12H18N2O3S/c1-8(18(3)16)7-14-12(15)11-9(13)5-4-6-10(11)17-2/h4-6,8H,7,13H2,1-3H3,(H,14,15). The molecule has 0 fully saturated rings. The van der Waals surface area contributed by atoms with Crippen LogP contribution in [0.5, 0.6) is 5.75 Å². The molecule has 1 amide bonds. The van der Waals surface area contributed by atoms with Gasteiger partial charge in [0.2, 0.25) is 0 Å². The van der Waals surface area contributed by atoms with Gasteiger partial charge in [-0.3, -0.25) is 9.00 Å². The van der Waals surface area contributed by atoms with Crippen LogP contribution in [-0.4, -0.2) is 35.3 Å². The van der Waals surface area contributed by atoms with Crippen LogP contribution >= 0.6 is 0 Å². The summed E-state index contributed by atoms with van der Waals surface area (Å²) in [7, 11) is 0.509. The maximum atomic E-state index is 12.0. The summed E-state index contributed by atoms with van der Waals surface area (Å²) in [5.41, 5.74) is 6.44. The van der Waals surface area contributed by atoms with Gasteiger partial charge in [-0.2, -0.15) is 0 Å². The Morgan fingerprint density at radius 3 is 2.78 bits per heavy atom. The number of rotatable bonds is 5. The molecular weight excluding hydrogens is 252 g/mol. The van der Waals surface area contributed by atoms with Gasteiger partial charge in [0.1, 0.15) is 11.3 Å². The lowest BCUT2D eigenvalue weighted by atomic mass is 10.1. The van der Waals surface area contributed by atoms with Gasteiger partial charge in [-0.05, 0) is 19.1 Å². The fourth-order valence-electron chi connectivity index (χ4n) is 1.40. The Hall–Kier alpha value is -1.56. The van der Waals surface area contributed by atoms with Gasteiger partial charge in [-0.25, -0.2) is 0 Å². The Morgan fingerprint density at radius 1 is 1.56 bits per heavy atom. The van der Waals surface area contributed by atoms with Crippen LogP contribution in [0.2, 0.25) is 0 Å². The first kappa shape index (κ1) is 14.5. The van der Waals surface area contributed by atoms with E-state index in [2.05, 4.69) is 5.32 Å². The lowest BCUT2D eigenvalue weighted by Gasteiger charge is -2.13. The van der Waals surface area contributed by atoms with Crippen LogP contribution in [0.15, 0.2) is 18.2 Å². The largest absolute Gasteiger partial charge is 0.496 e. The third-order valence-electron chi connectivity index (χ3n) is 2.62. The summed E-state index contributed by atoms with van der Waals surface area (Å²) in [6.07, 6.45) is 1.61. The van der Waals surface area contributed by atoms with Crippen molar-refractivity contribution >= 4 is 22.4 Å². The number of benzene rings is 1. The minimum atomic E-state index is -0.973. The Kier molecular flexibility index (Phi) is 5.15. The van der Waals surface area contributed by atoms with E-state index in [0.717, 1.165) is 0 Å². The summed E-state index contributed by atoms with van der Waals surface area (Å²) in [6, 6.07) is 5.03. The Labute approximate surface area is 109 Å². The Balaban J connectivity index is 2.81. The van der Waals surface area contributed by atoms with Crippen molar-refractivity contribution in [2.24, 2.45) is 0 Å². The van der Waals surface area contributed by atoms with Crippen molar-refractivity contribution in [2.45, 2.75) is 12.2 Å². The summed E-state index contributed by atoms with van der Waals surface area (Å²) >= 11 is 0. The molecule has 0 aromatic heterocycles. The van der Waals surface area contributed by atoms with Crippen LogP contribution in [0.1, 0.15) is 17.3 Å². The number of nitrogen functional groups attached to an aromatic ring is 1. The molecule has 0 saturated heterocycles. The van der Waals surface area contributed by atoms with E-state index in [4.69, 9.17) is 10.5 Å². The molecule has 100 valence electrons. The molecule has 0 heterocycles. The minimum absolute atomic E-state index is 0.107. The summed E-state index contributed by atoms with van der Waals surface area (Å²) < 4.78 is 16.3. The lowest BCUT2D eigenvalue weighted by molar-refractivity contribution is 0.0952. The van der Waals surface area contributed by atoms with Crippen LogP contribution in [0.25, 0.3) is 0 Å². The van der Waals surface area contributed by atoms with Gasteiger partial charge in [0, 0.05) is 34.5 Å². The smallest absolute Gasteiger partial charge is 0.257 e. The number of nitrogens with one attached hydrogen (secondary N) is 1. The number of amides is 1. The molecule has 0 aliphatic rings. The highest BCUT2D eigenvalue weighted by Gasteiger charge is 2.16. The fraction of sp³-hybridized carbons (Fsp3) is 0.417.